The van der Waals surface area contributed by atoms with Gasteiger partial charge in [-0.3, -0.25) is 14.0 Å². The molecule has 1 aliphatic heterocycles. The maximum Gasteiger partial charge on any atom is 0.255 e. The first-order chi connectivity index (χ1) is 14.2. The SMILES string of the molecule is COc1ccccc1C(=O)NCC(=O)N1CCC[C@H](c2nnc3ccccn23)C1. The van der Waals surface area contributed by atoms with Gasteiger partial charge in [-0.2, -0.15) is 0 Å². The Hall–Kier alpha value is -3.42. The summed E-state index contributed by atoms with van der Waals surface area (Å²) in [6.07, 6.45) is 3.78. The molecule has 0 spiro atoms. The van der Waals surface area contributed by atoms with Gasteiger partial charge in [-0.05, 0) is 37.1 Å². The lowest BCUT2D eigenvalue weighted by Gasteiger charge is -2.32. The minimum absolute atomic E-state index is 0.0514. The van der Waals surface area contributed by atoms with E-state index in [9.17, 15) is 9.59 Å². The zero-order chi connectivity index (χ0) is 20.2. The van der Waals surface area contributed by atoms with Gasteiger partial charge < -0.3 is 15.0 Å². The molecular formula is C21H23N5O3. The number of aromatic nitrogens is 3. The van der Waals surface area contributed by atoms with Crippen LogP contribution in [0.2, 0.25) is 0 Å². The molecule has 1 atom stereocenters. The molecule has 4 rings (SSSR count). The number of likely N-dealkylation sites (tertiary alicyclic amines) is 1. The number of amides is 2. The summed E-state index contributed by atoms with van der Waals surface area (Å²) in [4.78, 5) is 26.9. The predicted octanol–water partition coefficient (Wildman–Crippen LogP) is 1.87. The maximum absolute atomic E-state index is 12.7. The fourth-order valence-electron chi connectivity index (χ4n) is 3.75. The molecule has 8 nitrogen and oxygen atoms in total. The summed E-state index contributed by atoms with van der Waals surface area (Å²) in [6.45, 7) is 1.19. The standard InChI is InChI=1S/C21H23N5O3/c1-29-17-9-3-2-8-16(17)21(28)22-13-19(27)25-11-6-7-15(14-25)20-24-23-18-10-4-5-12-26(18)20/h2-5,8-10,12,15H,6-7,11,13-14H2,1H3,(H,22,28)/t15-/m0/s1. The highest BCUT2D eigenvalue weighted by molar-refractivity contribution is 5.98. The van der Waals surface area contributed by atoms with E-state index in [0.29, 0.717) is 24.4 Å². The van der Waals surface area contributed by atoms with E-state index in [0.717, 1.165) is 24.3 Å². The normalized spacial score (nSPS) is 16.6. The highest BCUT2D eigenvalue weighted by Crippen LogP contribution is 2.26. The summed E-state index contributed by atoms with van der Waals surface area (Å²) in [6, 6.07) is 12.7. The highest BCUT2D eigenvalue weighted by atomic mass is 16.5. The first kappa shape index (κ1) is 18.9. The fraction of sp³-hybridized carbons (Fsp3) is 0.333. The molecule has 1 fully saturated rings. The summed E-state index contributed by atoms with van der Waals surface area (Å²) < 4.78 is 7.18. The van der Waals surface area contributed by atoms with Crippen LogP contribution >= 0.6 is 0 Å². The van der Waals surface area contributed by atoms with Gasteiger partial charge in [0.25, 0.3) is 5.91 Å². The van der Waals surface area contributed by atoms with Crippen molar-refractivity contribution in [1.82, 2.24) is 24.8 Å². The minimum Gasteiger partial charge on any atom is -0.496 e. The summed E-state index contributed by atoms with van der Waals surface area (Å²) in [5.74, 6) is 1.04. The molecule has 0 aliphatic carbocycles. The molecule has 29 heavy (non-hydrogen) atoms. The monoisotopic (exact) mass is 393 g/mol. The highest BCUT2D eigenvalue weighted by Gasteiger charge is 2.28. The van der Waals surface area contributed by atoms with Crippen LogP contribution in [0, 0.1) is 0 Å². The Labute approximate surface area is 168 Å². The van der Waals surface area contributed by atoms with Gasteiger partial charge in [0.05, 0.1) is 19.2 Å². The van der Waals surface area contributed by atoms with Crippen molar-refractivity contribution in [3.63, 3.8) is 0 Å². The predicted molar refractivity (Wildman–Crippen MR) is 107 cm³/mol. The molecule has 1 aliphatic rings. The molecule has 1 aromatic carbocycles. The molecule has 1 N–H and O–H groups in total. The molecule has 1 saturated heterocycles. The van der Waals surface area contributed by atoms with Crippen molar-refractivity contribution < 1.29 is 14.3 Å². The van der Waals surface area contributed by atoms with Crippen LogP contribution in [0.15, 0.2) is 48.7 Å². The molecule has 3 heterocycles. The van der Waals surface area contributed by atoms with E-state index in [1.165, 1.54) is 7.11 Å². The third kappa shape index (κ3) is 3.91. The van der Waals surface area contributed by atoms with Crippen LogP contribution in [0.4, 0.5) is 0 Å². The zero-order valence-corrected chi connectivity index (χ0v) is 16.2. The van der Waals surface area contributed by atoms with Crippen molar-refractivity contribution >= 4 is 17.5 Å². The Balaban J connectivity index is 1.39. The number of benzene rings is 1. The van der Waals surface area contributed by atoms with Crippen LogP contribution in [0.5, 0.6) is 5.75 Å². The number of para-hydroxylation sites is 1. The lowest BCUT2D eigenvalue weighted by molar-refractivity contribution is -0.131. The van der Waals surface area contributed by atoms with Gasteiger partial charge in [-0.15, -0.1) is 10.2 Å². The second-order valence-corrected chi connectivity index (χ2v) is 7.05. The van der Waals surface area contributed by atoms with Gasteiger partial charge in [0.2, 0.25) is 5.91 Å². The number of rotatable bonds is 5. The van der Waals surface area contributed by atoms with Crippen molar-refractivity contribution in [3.05, 3.63) is 60.0 Å². The van der Waals surface area contributed by atoms with Gasteiger partial charge in [-0.1, -0.05) is 18.2 Å². The van der Waals surface area contributed by atoms with Crippen LogP contribution in [0.1, 0.15) is 34.9 Å². The number of fused-ring (bicyclic) bond motifs is 1. The van der Waals surface area contributed by atoms with Gasteiger partial charge in [0.1, 0.15) is 11.6 Å². The molecule has 2 amide bonds. The zero-order valence-electron chi connectivity index (χ0n) is 16.2. The van der Waals surface area contributed by atoms with E-state index in [1.807, 2.05) is 28.8 Å². The van der Waals surface area contributed by atoms with Crippen molar-refractivity contribution in [2.45, 2.75) is 18.8 Å². The number of piperidine rings is 1. The van der Waals surface area contributed by atoms with Gasteiger partial charge in [0.15, 0.2) is 5.65 Å². The number of carbonyl (C=O) groups is 2. The molecule has 0 unspecified atom stereocenters. The number of nitrogens with one attached hydrogen (secondary N) is 1. The van der Waals surface area contributed by atoms with E-state index < -0.39 is 0 Å². The van der Waals surface area contributed by atoms with Crippen molar-refractivity contribution in [1.29, 1.82) is 0 Å². The molecular weight excluding hydrogens is 370 g/mol. The number of nitrogens with zero attached hydrogens (tertiary/aromatic N) is 4. The van der Waals surface area contributed by atoms with Crippen LogP contribution in [0.25, 0.3) is 5.65 Å². The van der Waals surface area contributed by atoms with Crippen molar-refractivity contribution in [3.8, 4) is 5.75 Å². The van der Waals surface area contributed by atoms with E-state index in [-0.39, 0.29) is 24.3 Å². The Bertz CT molecular complexity index is 1030. The molecule has 0 radical (unpaired) electrons. The second kappa shape index (κ2) is 8.30. The first-order valence-corrected chi connectivity index (χ1v) is 9.66. The number of methoxy groups -OCH3 is 1. The largest absolute Gasteiger partial charge is 0.496 e. The number of hydrogen-bond donors (Lipinski definition) is 1. The second-order valence-electron chi connectivity index (χ2n) is 7.05. The van der Waals surface area contributed by atoms with E-state index in [4.69, 9.17) is 4.74 Å². The number of ether oxygens (including phenoxy) is 1. The first-order valence-electron chi connectivity index (χ1n) is 9.66. The Morgan fingerprint density at radius 3 is 2.86 bits per heavy atom. The Morgan fingerprint density at radius 2 is 2.00 bits per heavy atom. The molecule has 0 saturated carbocycles. The summed E-state index contributed by atoms with van der Waals surface area (Å²) in [7, 11) is 1.51. The van der Waals surface area contributed by atoms with Crippen LogP contribution < -0.4 is 10.1 Å². The average molecular weight is 393 g/mol. The Kier molecular flexibility index (Phi) is 5.41. The van der Waals surface area contributed by atoms with Crippen LogP contribution in [0.3, 0.4) is 0 Å². The maximum atomic E-state index is 12.7. The lowest BCUT2D eigenvalue weighted by atomic mass is 9.97. The van der Waals surface area contributed by atoms with E-state index in [2.05, 4.69) is 15.5 Å². The average Bonchev–Trinajstić information content (AvgIpc) is 3.21. The smallest absolute Gasteiger partial charge is 0.255 e. The van der Waals surface area contributed by atoms with Crippen molar-refractivity contribution in [2.24, 2.45) is 0 Å². The molecule has 2 aromatic heterocycles. The fourth-order valence-corrected chi connectivity index (χ4v) is 3.75. The van der Waals surface area contributed by atoms with Gasteiger partial charge in [-0.25, -0.2) is 0 Å². The quantitative estimate of drug-likeness (QED) is 0.715. The Morgan fingerprint density at radius 1 is 1.17 bits per heavy atom. The summed E-state index contributed by atoms with van der Waals surface area (Å²) in [5, 5.41) is 11.3. The molecule has 3 aromatic rings. The van der Waals surface area contributed by atoms with Crippen LogP contribution in [-0.2, 0) is 4.79 Å². The summed E-state index contributed by atoms with van der Waals surface area (Å²) >= 11 is 0. The number of pyridine rings is 1. The lowest BCUT2D eigenvalue weighted by Crippen LogP contribution is -2.44. The third-order valence-corrected chi connectivity index (χ3v) is 5.23. The number of carbonyl (C=O) groups excluding carboxylic acids is 2. The molecule has 0 bridgehead atoms. The van der Waals surface area contributed by atoms with E-state index in [1.54, 1.807) is 29.2 Å². The van der Waals surface area contributed by atoms with Crippen molar-refractivity contribution in [2.75, 3.05) is 26.7 Å². The molecule has 150 valence electrons. The van der Waals surface area contributed by atoms with E-state index >= 15 is 0 Å². The minimum atomic E-state index is -0.326. The van der Waals surface area contributed by atoms with Crippen LogP contribution in [-0.4, -0.2) is 58.1 Å². The molecule has 8 heteroatoms. The topological polar surface area (TPSA) is 88.8 Å². The van der Waals surface area contributed by atoms with Gasteiger partial charge >= 0.3 is 0 Å². The third-order valence-electron chi connectivity index (χ3n) is 5.23. The van der Waals surface area contributed by atoms with Gasteiger partial charge in [0, 0.05) is 25.2 Å². The number of hydrogen-bond acceptors (Lipinski definition) is 5. The summed E-state index contributed by atoms with van der Waals surface area (Å²) in [5.41, 5.74) is 1.21.